The molecule has 0 fully saturated rings. The molecular weight excluding hydrogens is 336 g/mol. The van der Waals surface area contributed by atoms with Gasteiger partial charge >= 0.3 is 0 Å². The fraction of sp³-hybridized carbons (Fsp3) is 0.417. The first-order valence-electron chi connectivity index (χ1n) is 5.17. The predicted octanol–water partition coefficient (Wildman–Crippen LogP) is 4.35. The Morgan fingerprint density at radius 3 is 2.44 bits per heavy atom. The summed E-state index contributed by atoms with van der Waals surface area (Å²) in [6.07, 6.45) is 2.42. The molecule has 1 aromatic carbocycles. The van der Waals surface area contributed by atoms with Crippen LogP contribution in [0.4, 0.5) is 0 Å². The van der Waals surface area contributed by atoms with Gasteiger partial charge in [0.05, 0.1) is 15.6 Å². The zero-order valence-electron chi connectivity index (χ0n) is 9.13. The lowest BCUT2D eigenvalue weighted by Crippen LogP contribution is -2.00. The fourth-order valence-electron chi connectivity index (χ4n) is 1.27. The third-order valence-corrected chi connectivity index (χ3v) is 3.34. The minimum absolute atomic E-state index is 0.238. The van der Waals surface area contributed by atoms with Gasteiger partial charge in [-0.15, -0.1) is 0 Å². The summed E-state index contributed by atoms with van der Waals surface area (Å²) in [5.41, 5.74) is 0. The van der Waals surface area contributed by atoms with E-state index in [1.54, 1.807) is 6.92 Å². The van der Waals surface area contributed by atoms with Crippen LogP contribution in [-0.4, -0.2) is 12.4 Å². The number of para-hydroxylation sites is 1. The average molecular weight is 350 g/mol. The molecule has 0 aliphatic rings. The van der Waals surface area contributed by atoms with Gasteiger partial charge < -0.3 is 9.53 Å². The van der Waals surface area contributed by atoms with Crippen molar-refractivity contribution in [3.63, 3.8) is 0 Å². The van der Waals surface area contributed by atoms with Crippen LogP contribution in [0.25, 0.3) is 0 Å². The third-order valence-electron chi connectivity index (χ3n) is 2.09. The molecule has 1 rings (SSSR count). The molecule has 0 spiro atoms. The largest absolute Gasteiger partial charge is 0.491 e. The lowest BCUT2D eigenvalue weighted by Gasteiger charge is -2.09. The minimum Gasteiger partial charge on any atom is -0.491 e. The first kappa shape index (κ1) is 13.7. The number of ketones is 1. The predicted molar refractivity (Wildman–Crippen MR) is 71.9 cm³/mol. The minimum atomic E-state index is 0.238. The molecule has 0 heterocycles. The number of hydrogen-bond acceptors (Lipinski definition) is 2. The van der Waals surface area contributed by atoms with Crippen LogP contribution in [0.2, 0.25) is 0 Å². The maximum Gasteiger partial charge on any atom is 0.147 e. The molecule has 0 saturated carbocycles. The number of ether oxygens (including phenoxy) is 1. The van der Waals surface area contributed by atoms with Crippen LogP contribution in [0.1, 0.15) is 26.2 Å². The standard InChI is InChI=1S/C12H14Br2O2/c1-9(15)5-2-3-8-16-12-10(13)6-4-7-11(12)14/h4,6-7H,2-3,5,8H2,1H3. The maximum absolute atomic E-state index is 10.7. The van der Waals surface area contributed by atoms with E-state index < -0.39 is 0 Å². The van der Waals surface area contributed by atoms with E-state index in [0.717, 1.165) is 27.5 Å². The van der Waals surface area contributed by atoms with E-state index in [2.05, 4.69) is 31.9 Å². The Labute approximate surface area is 113 Å². The Balaban J connectivity index is 2.34. The van der Waals surface area contributed by atoms with E-state index in [0.29, 0.717) is 13.0 Å². The second kappa shape index (κ2) is 7.07. The number of carbonyl (C=O) groups excluding carboxylic acids is 1. The fourth-order valence-corrected chi connectivity index (χ4v) is 2.50. The van der Waals surface area contributed by atoms with Crippen molar-refractivity contribution < 1.29 is 9.53 Å². The number of carbonyl (C=O) groups is 1. The third kappa shape index (κ3) is 4.66. The van der Waals surface area contributed by atoms with E-state index in [-0.39, 0.29) is 5.78 Å². The van der Waals surface area contributed by atoms with Gasteiger partial charge in [-0.05, 0) is 63.8 Å². The number of Topliss-reactive ketones (excluding diaryl/α,β-unsaturated/α-hetero) is 1. The Morgan fingerprint density at radius 1 is 1.25 bits per heavy atom. The molecule has 1 aromatic rings. The van der Waals surface area contributed by atoms with E-state index in [1.165, 1.54) is 0 Å². The van der Waals surface area contributed by atoms with E-state index in [4.69, 9.17) is 4.74 Å². The summed E-state index contributed by atoms with van der Waals surface area (Å²) < 4.78 is 7.52. The monoisotopic (exact) mass is 348 g/mol. The van der Waals surface area contributed by atoms with Gasteiger partial charge in [-0.25, -0.2) is 0 Å². The van der Waals surface area contributed by atoms with Gasteiger partial charge in [-0.3, -0.25) is 0 Å². The van der Waals surface area contributed by atoms with Crippen LogP contribution in [-0.2, 0) is 4.79 Å². The van der Waals surface area contributed by atoms with Crippen molar-refractivity contribution >= 4 is 37.6 Å². The molecule has 0 aliphatic carbocycles. The summed E-state index contributed by atoms with van der Waals surface area (Å²) in [6, 6.07) is 5.82. The normalized spacial score (nSPS) is 10.2. The first-order valence-corrected chi connectivity index (χ1v) is 6.76. The maximum atomic E-state index is 10.7. The molecular formula is C12H14Br2O2. The average Bonchev–Trinajstić information content (AvgIpc) is 2.21. The highest BCUT2D eigenvalue weighted by molar-refractivity contribution is 9.11. The molecule has 0 atom stereocenters. The van der Waals surface area contributed by atoms with Gasteiger partial charge in [0.25, 0.3) is 0 Å². The SMILES string of the molecule is CC(=O)CCCCOc1c(Br)cccc1Br. The Kier molecular flexibility index (Phi) is 6.06. The topological polar surface area (TPSA) is 26.3 Å². The molecule has 88 valence electrons. The lowest BCUT2D eigenvalue weighted by molar-refractivity contribution is -0.117. The molecule has 0 N–H and O–H groups in total. The Morgan fingerprint density at radius 2 is 1.88 bits per heavy atom. The van der Waals surface area contributed by atoms with Crippen LogP contribution in [0.5, 0.6) is 5.75 Å². The number of rotatable bonds is 6. The number of hydrogen-bond donors (Lipinski definition) is 0. The van der Waals surface area contributed by atoms with Crippen molar-refractivity contribution in [2.45, 2.75) is 26.2 Å². The van der Waals surface area contributed by atoms with Gasteiger partial charge in [0.15, 0.2) is 0 Å². The summed E-state index contributed by atoms with van der Waals surface area (Å²) in [4.78, 5) is 10.7. The quantitative estimate of drug-likeness (QED) is 0.713. The van der Waals surface area contributed by atoms with E-state index in [1.807, 2.05) is 18.2 Å². The van der Waals surface area contributed by atoms with Crippen molar-refractivity contribution in [3.05, 3.63) is 27.1 Å². The molecule has 16 heavy (non-hydrogen) atoms. The van der Waals surface area contributed by atoms with Crippen molar-refractivity contribution in [2.75, 3.05) is 6.61 Å². The van der Waals surface area contributed by atoms with Crippen molar-refractivity contribution in [3.8, 4) is 5.75 Å². The molecule has 0 bridgehead atoms. The zero-order chi connectivity index (χ0) is 12.0. The molecule has 0 aliphatic heterocycles. The highest BCUT2D eigenvalue weighted by atomic mass is 79.9. The Bertz CT molecular complexity index is 344. The number of halogens is 2. The Hall–Kier alpha value is -0.350. The van der Waals surface area contributed by atoms with E-state index in [9.17, 15) is 4.79 Å². The van der Waals surface area contributed by atoms with Crippen LogP contribution in [0.3, 0.4) is 0 Å². The van der Waals surface area contributed by atoms with Crippen LogP contribution >= 0.6 is 31.9 Å². The number of benzene rings is 1. The van der Waals surface area contributed by atoms with Gasteiger partial charge in [-0.2, -0.15) is 0 Å². The molecule has 0 unspecified atom stereocenters. The summed E-state index contributed by atoms with van der Waals surface area (Å²) in [7, 11) is 0. The molecule has 0 radical (unpaired) electrons. The van der Waals surface area contributed by atoms with Crippen LogP contribution < -0.4 is 4.74 Å². The van der Waals surface area contributed by atoms with E-state index >= 15 is 0 Å². The first-order chi connectivity index (χ1) is 7.61. The molecule has 0 aromatic heterocycles. The van der Waals surface area contributed by atoms with Gasteiger partial charge in [0.1, 0.15) is 11.5 Å². The second-order valence-corrected chi connectivity index (χ2v) is 5.27. The smallest absolute Gasteiger partial charge is 0.147 e. The van der Waals surface area contributed by atoms with Crippen molar-refractivity contribution in [1.82, 2.24) is 0 Å². The van der Waals surface area contributed by atoms with Crippen molar-refractivity contribution in [1.29, 1.82) is 0 Å². The molecule has 4 heteroatoms. The summed E-state index contributed by atoms with van der Waals surface area (Å²) in [5.74, 6) is 1.06. The van der Waals surface area contributed by atoms with Gasteiger partial charge in [-0.1, -0.05) is 6.07 Å². The second-order valence-electron chi connectivity index (χ2n) is 3.56. The zero-order valence-corrected chi connectivity index (χ0v) is 12.3. The molecule has 2 nitrogen and oxygen atoms in total. The van der Waals surface area contributed by atoms with Gasteiger partial charge in [0, 0.05) is 6.42 Å². The van der Waals surface area contributed by atoms with Gasteiger partial charge in [0.2, 0.25) is 0 Å². The summed E-state index contributed by atoms with van der Waals surface area (Å²) in [6.45, 7) is 2.25. The summed E-state index contributed by atoms with van der Waals surface area (Å²) >= 11 is 6.86. The highest BCUT2D eigenvalue weighted by Gasteiger charge is 2.05. The molecule has 0 saturated heterocycles. The van der Waals surface area contributed by atoms with Crippen LogP contribution in [0, 0.1) is 0 Å². The summed E-state index contributed by atoms with van der Waals surface area (Å²) in [5, 5.41) is 0. The highest BCUT2D eigenvalue weighted by Crippen LogP contribution is 2.32. The van der Waals surface area contributed by atoms with Crippen LogP contribution in [0.15, 0.2) is 27.1 Å². The molecule has 0 amide bonds. The van der Waals surface area contributed by atoms with Crippen molar-refractivity contribution in [2.24, 2.45) is 0 Å². The lowest BCUT2D eigenvalue weighted by atomic mass is 10.2. The number of unbranched alkanes of at least 4 members (excludes halogenated alkanes) is 1.